The van der Waals surface area contributed by atoms with Crippen LogP contribution in [0.15, 0.2) is 0 Å². The molecule has 0 aliphatic heterocycles. The number of terminal acetylenes is 1. The van der Waals surface area contributed by atoms with E-state index in [9.17, 15) is 0 Å². The van der Waals surface area contributed by atoms with Gasteiger partial charge in [0.25, 0.3) is 0 Å². The molecule has 1 fully saturated rings. The Labute approximate surface area is 95.0 Å². The Morgan fingerprint density at radius 3 is 2.73 bits per heavy atom. The lowest BCUT2D eigenvalue weighted by Gasteiger charge is -2.41. The first-order valence-electron chi connectivity index (χ1n) is 6.31. The summed E-state index contributed by atoms with van der Waals surface area (Å²) in [5, 5.41) is 3.51. The molecule has 2 atom stereocenters. The van der Waals surface area contributed by atoms with Crippen LogP contribution in [-0.2, 0) is 0 Å². The third-order valence-corrected chi connectivity index (χ3v) is 3.79. The monoisotopic (exact) mass is 207 g/mol. The van der Waals surface area contributed by atoms with Crippen molar-refractivity contribution in [1.82, 2.24) is 5.32 Å². The van der Waals surface area contributed by atoms with Gasteiger partial charge in [-0.1, -0.05) is 39.5 Å². The summed E-state index contributed by atoms with van der Waals surface area (Å²) in [4.78, 5) is 0. The molecule has 0 saturated heterocycles. The zero-order chi connectivity index (χ0) is 11.3. The van der Waals surface area contributed by atoms with Crippen molar-refractivity contribution in [3.63, 3.8) is 0 Å². The van der Waals surface area contributed by atoms with E-state index < -0.39 is 0 Å². The first-order valence-corrected chi connectivity index (χ1v) is 6.31. The summed E-state index contributed by atoms with van der Waals surface area (Å²) in [5.41, 5.74) is 0.413. The van der Waals surface area contributed by atoms with Crippen LogP contribution in [0.3, 0.4) is 0 Å². The van der Waals surface area contributed by atoms with Gasteiger partial charge in [-0.2, -0.15) is 0 Å². The van der Waals surface area contributed by atoms with Gasteiger partial charge in [0.2, 0.25) is 0 Å². The van der Waals surface area contributed by atoms with Crippen LogP contribution in [0.5, 0.6) is 0 Å². The van der Waals surface area contributed by atoms with Crippen molar-refractivity contribution in [2.75, 3.05) is 6.54 Å². The molecule has 1 nitrogen and oxygen atoms in total. The fourth-order valence-electron chi connectivity index (χ4n) is 2.76. The smallest absolute Gasteiger partial charge is 0.0720 e. The minimum Gasteiger partial charge on any atom is -0.303 e. The second kappa shape index (κ2) is 5.56. The van der Waals surface area contributed by atoms with Crippen LogP contribution in [-0.4, -0.2) is 12.6 Å². The lowest BCUT2D eigenvalue weighted by Crippen LogP contribution is -2.44. The van der Waals surface area contributed by atoms with E-state index >= 15 is 0 Å². The average molecular weight is 207 g/mol. The molecule has 15 heavy (non-hydrogen) atoms. The van der Waals surface area contributed by atoms with Crippen LogP contribution < -0.4 is 5.32 Å². The van der Waals surface area contributed by atoms with Crippen molar-refractivity contribution in [3.8, 4) is 12.3 Å². The van der Waals surface area contributed by atoms with Gasteiger partial charge in [-0.05, 0) is 37.1 Å². The summed E-state index contributed by atoms with van der Waals surface area (Å²) >= 11 is 0. The van der Waals surface area contributed by atoms with E-state index in [1.165, 1.54) is 25.7 Å². The Balaban J connectivity index is 2.61. The fraction of sp³-hybridized carbons (Fsp3) is 0.857. The van der Waals surface area contributed by atoms with Crippen molar-refractivity contribution in [2.24, 2.45) is 11.3 Å². The molecule has 1 saturated carbocycles. The SMILES string of the molecule is C#CC(NCCC)C1CCCCC1(C)C. The minimum atomic E-state index is 0.278. The van der Waals surface area contributed by atoms with E-state index in [1.54, 1.807) is 0 Å². The van der Waals surface area contributed by atoms with Crippen LogP contribution in [0, 0.1) is 23.7 Å². The number of nitrogens with one attached hydrogen (secondary N) is 1. The summed E-state index contributed by atoms with van der Waals surface area (Å²) in [7, 11) is 0. The van der Waals surface area contributed by atoms with Gasteiger partial charge in [-0.3, -0.25) is 0 Å². The summed E-state index contributed by atoms with van der Waals surface area (Å²) in [5.74, 6) is 3.61. The van der Waals surface area contributed by atoms with Gasteiger partial charge in [0.15, 0.2) is 0 Å². The van der Waals surface area contributed by atoms with E-state index in [2.05, 4.69) is 32.0 Å². The summed E-state index contributed by atoms with van der Waals surface area (Å²) < 4.78 is 0. The first kappa shape index (κ1) is 12.6. The molecule has 0 aromatic heterocycles. The minimum absolute atomic E-state index is 0.278. The Bertz CT molecular complexity index is 224. The maximum atomic E-state index is 5.65. The molecular formula is C14H25N. The molecule has 0 heterocycles. The second-order valence-electron chi connectivity index (χ2n) is 5.44. The van der Waals surface area contributed by atoms with Crippen molar-refractivity contribution in [1.29, 1.82) is 0 Å². The normalized spacial score (nSPS) is 26.9. The molecule has 1 aliphatic rings. The first-order chi connectivity index (χ1) is 7.11. The van der Waals surface area contributed by atoms with Gasteiger partial charge in [-0.25, -0.2) is 0 Å². The topological polar surface area (TPSA) is 12.0 Å². The van der Waals surface area contributed by atoms with E-state index in [1.807, 2.05) is 0 Å². The van der Waals surface area contributed by atoms with Crippen LogP contribution in [0.2, 0.25) is 0 Å². The van der Waals surface area contributed by atoms with Crippen molar-refractivity contribution in [2.45, 2.75) is 58.9 Å². The van der Waals surface area contributed by atoms with Crippen molar-refractivity contribution < 1.29 is 0 Å². The van der Waals surface area contributed by atoms with Crippen LogP contribution in [0.1, 0.15) is 52.9 Å². The molecule has 1 rings (SSSR count). The van der Waals surface area contributed by atoms with E-state index in [4.69, 9.17) is 6.42 Å². The molecule has 0 spiro atoms. The molecule has 0 aromatic rings. The Morgan fingerprint density at radius 2 is 2.20 bits per heavy atom. The fourth-order valence-corrected chi connectivity index (χ4v) is 2.76. The predicted octanol–water partition coefficient (Wildman–Crippen LogP) is 3.20. The molecule has 0 amide bonds. The second-order valence-corrected chi connectivity index (χ2v) is 5.44. The third-order valence-electron chi connectivity index (χ3n) is 3.79. The number of hydrogen-bond donors (Lipinski definition) is 1. The molecular weight excluding hydrogens is 182 g/mol. The molecule has 0 bridgehead atoms. The summed E-state index contributed by atoms with van der Waals surface area (Å²) in [6.45, 7) is 7.97. The average Bonchev–Trinajstić information content (AvgIpc) is 2.20. The Kier molecular flexibility index (Phi) is 4.67. The van der Waals surface area contributed by atoms with E-state index in [0.717, 1.165) is 13.0 Å². The highest BCUT2D eigenvalue weighted by Gasteiger charge is 2.36. The zero-order valence-corrected chi connectivity index (χ0v) is 10.5. The highest BCUT2D eigenvalue weighted by Crippen LogP contribution is 2.42. The zero-order valence-electron chi connectivity index (χ0n) is 10.5. The van der Waals surface area contributed by atoms with Gasteiger partial charge in [0, 0.05) is 0 Å². The molecule has 2 unspecified atom stereocenters. The lowest BCUT2D eigenvalue weighted by atomic mass is 9.66. The summed E-state index contributed by atoms with van der Waals surface area (Å²) in [6.07, 6.45) is 12.1. The summed E-state index contributed by atoms with van der Waals surface area (Å²) in [6, 6.07) is 0.278. The maximum Gasteiger partial charge on any atom is 0.0720 e. The molecule has 1 heteroatoms. The lowest BCUT2D eigenvalue weighted by molar-refractivity contribution is 0.117. The van der Waals surface area contributed by atoms with Gasteiger partial charge in [-0.15, -0.1) is 6.42 Å². The third kappa shape index (κ3) is 3.24. The quantitative estimate of drug-likeness (QED) is 0.698. The number of rotatable bonds is 4. The molecule has 0 aromatic carbocycles. The van der Waals surface area contributed by atoms with Crippen molar-refractivity contribution >= 4 is 0 Å². The Hall–Kier alpha value is -0.480. The number of hydrogen-bond acceptors (Lipinski definition) is 1. The highest BCUT2D eigenvalue weighted by molar-refractivity contribution is 5.06. The van der Waals surface area contributed by atoms with Crippen LogP contribution in [0.4, 0.5) is 0 Å². The highest BCUT2D eigenvalue weighted by atomic mass is 14.9. The maximum absolute atomic E-state index is 5.65. The van der Waals surface area contributed by atoms with E-state index in [-0.39, 0.29) is 6.04 Å². The van der Waals surface area contributed by atoms with Gasteiger partial charge >= 0.3 is 0 Å². The molecule has 1 N–H and O–H groups in total. The van der Waals surface area contributed by atoms with Crippen LogP contribution in [0.25, 0.3) is 0 Å². The largest absolute Gasteiger partial charge is 0.303 e. The predicted molar refractivity (Wildman–Crippen MR) is 66.7 cm³/mol. The van der Waals surface area contributed by atoms with Gasteiger partial charge < -0.3 is 5.32 Å². The van der Waals surface area contributed by atoms with E-state index in [0.29, 0.717) is 11.3 Å². The van der Waals surface area contributed by atoms with Crippen LogP contribution >= 0.6 is 0 Å². The standard InChI is InChI=1S/C14H25N/c1-5-11-15-13(6-2)12-9-7-8-10-14(12,3)4/h2,12-13,15H,5,7-11H2,1,3-4H3. The van der Waals surface area contributed by atoms with Gasteiger partial charge in [0.05, 0.1) is 6.04 Å². The molecule has 1 aliphatic carbocycles. The Morgan fingerprint density at radius 1 is 1.47 bits per heavy atom. The molecule has 0 radical (unpaired) electrons. The van der Waals surface area contributed by atoms with Gasteiger partial charge in [0.1, 0.15) is 0 Å². The van der Waals surface area contributed by atoms with Crippen molar-refractivity contribution in [3.05, 3.63) is 0 Å². The molecule has 86 valence electrons.